The summed E-state index contributed by atoms with van der Waals surface area (Å²) in [6, 6.07) is 1.48. The molecule has 0 aromatic carbocycles. The molecule has 0 atom stereocenters. The number of carbonyl (C=O) groups is 2. The van der Waals surface area contributed by atoms with Crippen LogP contribution >= 0.6 is 0 Å². The van der Waals surface area contributed by atoms with Gasteiger partial charge in [-0.3, -0.25) is 20.4 Å². The summed E-state index contributed by atoms with van der Waals surface area (Å²) >= 11 is 0. The number of furan rings is 1. The van der Waals surface area contributed by atoms with Gasteiger partial charge in [-0.05, 0) is 13.0 Å². The first kappa shape index (κ1) is 10.3. The molecule has 0 aliphatic rings. The van der Waals surface area contributed by atoms with Gasteiger partial charge >= 0.3 is 0 Å². The number of rotatable bonds is 2. The molecular formula is C8H10N2O4. The van der Waals surface area contributed by atoms with Gasteiger partial charge in [0.05, 0.1) is 11.8 Å². The van der Waals surface area contributed by atoms with Gasteiger partial charge in [-0.1, -0.05) is 0 Å². The second-order valence-corrected chi connectivity index (χ2v) is 2.55. The van der Waals surface area contributed by atoms with Crippen molar-refractivity contribution in [1.29, 1.82) is 0 Å². The third-order valence-electron chi connectivity index (χ3n) is 1.56. The molecule has 6 nitrogen and oxygen atoms in total. The van der Waals surface area contributed by atoms with Crippen molar-refractivity contribution in [3.63, 3.8) is 0 Å². The highest BCUT2D eigenvalue weighted by Crippen LogP contribution is 2.07. The van der Waals surface area contributed by atoms with Crippen LogP contribution in [0.4, 0.5) is 0 Å². The second-order valence-electron chi connectivity index (χ2n) is 2.55. The van der Waals surface area contributed by atoms with E-state index in [0.717, 1.165) is 0 Å². The number of hydrazine groups is 1. The molecule has 0 bridgehead atoms. The Morgan fingerprint density at radius 1 is 1.50 bits per heavy atom. The molecule has 1 aromatic rings. The highest BCUT2D eigenvalue weighted by atomic mass is 16.3. The summed E-state index contributed by atoms with van der Waals surface area (Å²) in [5, 5.41) is 8.35. The van der Waals surface area contributed by atoms with Gasteiger partial charge in [0, 0.05) is 0 Å². The van der Waals surface area contributed by atoms with E-state index in [9.17, 15) is 9.59 Å². The molecule has 0 aliphatic carbocycles. The van der Waals surface area contributed by atoms with Crippen molar-refractivity contribution >= 4 is 11.8 Å². The Labute approximate surface area is 79.9 Å². The minimum absolute atomic E-state index is 0.336. The molecule has 14 heavy (non-hydrogen) atoms. The molecule has 1 rings (SSSR count). The van der Waals surface area contributed by atoms with Gasteiger partial charge in [0.15, 0.2) is 0 Å². The highest BCUT2D eigenvalue weighted by Gasteiger charge is 2.11. The van der Waals surface area contributed by atoms with Gasteiger partial charge in [0.1, 0.15) is 12.4 Å². The van der Waals surface area contributed by atoms with Crippen molar-refractivity contribution in [2.45, 2.75) is 6.92 Å². The zero-order valence-electron chi connectivity index (χ0n) is 7.53. The second kappa shape index (κ2) is 4.43. The Morgan fingerprint density at radius 3 is 2.71 bits per heavy atom. The molecule has 1 heterocycles. The molecule has 0 unspecified atom stereocenters. The van der Waals surface area contributed by atoms with E-state index in [4.69, 9.17) is 9.52 Å². The van der Waals surface area contributed by atoms with E-state index in [-0.39, 0.29) is 0 Å². The first-order valence-corrected chi connectivity index (χ1v) is 3.89. The maximum Gasteiger partial charge on any atom is 0.273 e. The van der Waals surface area contributed by atoms with E-state index in [1.165, 1.54) is 12.3 Å². The van der Waals surface area contributed by atoms with Crippen LogP contribution in [0.1, 0.15) is 16.1 Å². The fourth-order valence-corrected chi connectivity index (χ4v) is 0.854. The van der Waals surface area contributed by atoms with E-state index in [1.54, 1.807) is 6.92 Å². The monoisotopic (exact) mass is 198 g/mol. The van der Waals surface area contributed by atoms with Crippen molar-refractivity contribution < 1.29 is 19.1 Å². The van der Waals surface area contributed by atoms with E-state index in [1.807, 2.05) is 5.43 Å². The summed E-state index contributed by atoms with van der Waals surface area (Å²) in [6.07, 6.45) is 1.37. The Bertz CT molecular complexity index is 345. The quantitative estimate of drug-likeness (QED) is 0.550. The molecule has 6 heteroatoms. The number of aliphatic hydroxyl groups excluding tert-OH is 1. The predicted octanol–water partition coefficient (Wildman–Crippen LogP) is -0.659. The minimum Gasteiger partial charge on any atom is -0.469 e. The number of hydrogen-bond acceptors (Lipinski definition) is 4. The van der Waals surface area contributed by atoms with Crippen LogP contribution in [0.15, 0.2) is 16.7 Å². The van der Waals surface area contributed by atoms with Gasteiger partial charge in [-0.25, -0.2) is 0 Å². The number of carbonyl (C=O) groups excluding carboxylic acids is 2. The standard InChI is InChI=1S/C8H10N2O4/c1-5-6(2-3-14-5)8(13)10-9-7(12)4-11/h2-3,11H,4H2,1H3,(H,9,12)(H,10,13). The third kappa shape index (κ3) is 2.33. The van der Waals surface area contributed by atoms with Crippen molar-refractivity contribution in [1.82, 2.24) is 10.9 Å². The third-order valence-corrected chi connectivity index (χ3v) is 1.56. The van der Waals surface area contributed by atoms with Crippen LogP contribution in [0, 0.1) is 6.92 Å². The molecule has 2 amide bonds. The Balaban J connectivity index is 2.52. The number of aliphatic hydroxyl groups is 1. The first-order valence-electron chi connectivity index (χ1n) is 3.89. The fourth-order valence-electron chi connectivity index (χ4n) is 0.854. The van der Waals surface area contributed by atoms with Crippen LogP contribution in [0.5, 0.6) is 0 Å². The van der Waals surface area contributed by atoms with Gasteiger partial charge in [0.25, 0.3) is 11.8 Å². The molecule has 1 aromatic heterocycles. The SMILES string of the molecule is Cc1occc1C(=O)NNC(=O)CO. The lowest BCUT2D eigenvalue weighted by Crippen LogP contribution is -2.43. The van der Waals surface area contributed by atoms with Crippen molar-refractivity contribution in [3.8, 4) is 0 Å². The predicted molar refractivity (Wildman–Crippen MR) is 46.1 cm³/mol. The zero-order valence-corrected chi connectivity index (χ0v) is 7.53. The maximum atomic E-state index is 11.3. The van der Waals surface area contributed by atoms with Crippen molar-refractivity contribution in [3.05, 3.63) is 23.7 Å². The maximum absolute atomic E-state index is 11.3. The Morgan fingerprint density at radius 2 is 2.21 bits per heavy atom. The van der Waals surface area contributed by atoms with E-state index in [0.29, 0.717) is 11.3 Å². The van der Waals surface area contributed by atoms with E-state index in [2.05, 4.69) is 5.43 Å². The molecule has 0 spiro atoms. The lowest BCUT2D eigenvalue weighted by molar-refractivity contribution is -0.124. The summed E-state index contributed by atoms with van der Waals surface area (Å²) in [7, 11) is 0. The summed E-state index contributed by atoms with van der Waals surface area (Å²) in [4.78, 5) is 21.9. The van der Waals surface area contributed by atoms with Crippen LogP contribution in [0.2, 0.25) is 0 Å². The van der Waals surface area contributed by atoms with Gasteiger partial charge < -0.3 is 9.52 Å². The topological polar surface area (TPSA) is 91.6 Å². The number of amides is 2. The largest absolute Gasteiger partial charge is 0.469 e. The molecule has 0 radical (unpaired) electrons. The molecule has 76 valence electrons. The molecule has 0 saturated heterocycles. The lowest BCUT2D eigenvalue weighted by atomic mass is 10.2. The Kier molecular flexibility index (Phi) is 3.24. The van der Waals surface area contributed by atoms with E-state index < -0.39 is 18.4 Å². The molecule has 0 saturated carbocycles. The smallest absolute Gasteiger partial charge is 0.273 e. The van der Waals surface area contributed by atoms with Gasteiger partial charge in [-0.15, -0.1) is 0 Å². The summed E-state index contributed by atoms with van der Waals surface area (Å²) in [6.45, 7) is 0.952. The van der Waals surface area contributed by atoms with Crippen LogP contribution in [-0.4, -0.2) is 23.5 Å². The Hall–Kier alpha value is -1.82. The zero-order chi connectivity index (χ0) is 10.6. The lowest BCUT2D eigenvalue weighted by Gasteiger charge is -2.04. The average Bonchev–Trinajstić information content (AvgIpc) is 2.60. The number of hydrogen-bond donors (Lipinski definition) is 3. The normalized spacial score (nSPS) is 9.57. The van der Waals surface area contributed by atoms with E-state index >= 15 is 0 Å². The highest BCUT2D eigenvalue weighted by molar-refractivity contribution is 5.96. The van der Waals surface area contributed by atoms with Crippen LogP contribution < -0.4 is 10.9 Å². The first-order chi connectivity index (χ1) is 6.65. The molecule has 0 fully saturated rings. The number of aryl methyl sites for hydroxylation is 1. The van der Waals surface area contributed by atoms with Crippen molar-refractivity contribution in [2.75, 3.05) is 6.61 Å². The fraction of sp³-hybridized carbons (Fsp3) is 0.250. The van der Waals surface area contributed by atoms with Crippen LogP contribution in [-0.2, 0) is 4.79 Å². The van der Waals surface area contributed by atoms with Gasteiger partial charge in [-0.2, -0.15) is 0 Å². The summed E-state index contributed by atoms with van der Waals surface area (Å²) in [5.74, 6) is -0.710. The van der Waals surface area contributed by atoms with Crippen LogP contribution in [0.3, 0.4) is 0 Å². The minimum atomic E-state index is -0.681. The van der Waals surface area contributed by atoms with Crippen molar-refractivity contribution in [2.24, 2.45) is 0 Å². The molecule has 0 aliphatic heterocycles. The average molecular weight is 198 g/mol. The van der Waals surface area contributed by atoms with Gasteiger partial charge in [0.2, 0.25) is 0 Å². The number of nitrogens with one attached hydrogen (secondary N) is 2. The summed E-state index contributed by atoms with van der Waals surface area (Å²) in [5.41, 5.74) is 4.47. The summed E-state index contributed by atoms with van der Waals surface area (Å²) < 4.78 is 4.90. The molecule has 3 N–H and O–H groups in total. The van der Waals surface area contributed by atoms with Crippen LogP contribution in [0.25, 0.3) is 0 Å². The molecular weight excluding hydrogens is 188 g/mol.